The van der Waals surface area contributed by atoms with E-state index in [0.29, 0.717) is 11.7 Å². The Balaban J connectivity index is 1.26. The minimum atomic E-state index is 0.604. The third-order valence-corrected chi connectivity index (χ3v) is 6.44. The lowest BCUT2D eigenvalue weighted by atomic mass is 9.82. The maximum atomic E-state index is 5.26. The summed E-state index contributed by atoms with van der Waals surface area (Å²) in [5.41, 5.74) is 2.30. The number of aromatic nitrogens is 2. The number of anilines is 1. The first-order valence-electron chi connectivity index (χ1n) is 10.6. The summed E-state index contributed by atoms with van der Waals surface area (Å²) in [7, 11) is 0. The highest BCUT2D eigenvalue weighted by Gasteiger charge is 2.25. The number of hydrogen-bond acceptors (Lipinski definition) is 5. The quantitative estimate of drug-likeness (QED) is 0.783. The lowest BCUT2D eigenvalue weighted by molar-refractivity contribution is 0.167. The predicted molar refractivity (Wildman–Crippen MR) is 109 cm³/mol. The van der Waals surface area contributed by atoms with Gasteiger partial charge in [-0.3, -0.25) is 0 Å². The molecule has 0 N–H and O–H groups in total. The second-order valence-electron chi connectivity index (χ2n) is 8.24. The monoisotopic (exact) mass is 368 g/mol. The average Bonchev–Trinajstić information content (AvgIpc) is 3.16. The van der Waals surface area contributed by atoms with Crippen LogP contribution in [0, 0.1) is 18.8 Å². The fourth-order valence-electron chi connectivity index (χ4n) is 4.67. The van der Waals surface area contributed by atoms with Crippen molar-refractivity contribution in [3.63, 3.8) is 0 Å². The van der Waals surface area contributed by atoms with E-state index in [4.69, 9.17) is 4.52 Å². The van der Waals surface area contributed by atoms with Gasteiger partial charge in [-0.2, -0.15) is 4.98 Å². The van der Waals surface area contributed by atoms with E-state index in [9.17, 15) is 0 Å². The summed E-state index contributed by atoms with van der Waals surface area (Å²) < 4.78 is 5.26. The molecule has 0 unspecified atom stereocenters. The third-order valence-electron chi connectivity index (χ3n) is 6.44. The van der Waals surface area contributed by atoms with Gasteiger partial charge in [0.05, 0.1) is 0 Å². The fraction of sp³-hybridized carbons (Fsp3) is 0.636. The summed E-state index contributed by atoms with van der Waals surface area (Å²) in [6.45, 7) is 10.3. The zero-order chi connectivity index (χ0) is 18.6. The molecule has 0 amide bonds. The van der Waals surface area contributed by atoms with Gasteiger partial charge in [0.15, 0.2) is 5.82 Å². The number of benzene rings is 1. The van der Waals surface area contributed by atoms with Crippen LogP contribution in [-0.2, 0) is 0 Å². The molecule has 27 heavy (non-hydrogen) atoms. The average molecular weight is 369 g/mol. The van der Waals surface area contributed by atoms with Gasteiger partial charge in [0.25, 0.3) is 5.89 Å². The second kappa shape index (κ2) is 8.42. The minimum Gasteiger partial charge on any atom is -0.372 e. The Kier molecular flexibility index (Phi) is 5.77. The summed E-state index contributed by atoms with van der Waals surface area (Å²) >= 11 is 0. The van der Waals surface area contributed by atoms with Crippen LogP contribution in [0.2, 0.25) is 0 Å². The van der Waals surface area contributed by atoms with Gasteiger partial charge in [-0.25, -0.2) is 0 Å². The van der Waals surface area contributed by atoms with Crippen LogP contribution >= 0.6 is 0 Å². The number of nitrogens with zero attached hydrogens (tertiary/aromatic N) is 4. The van der Waals surface area contributed by atoms with Gasteiger partial charge in [-0.05, 0) is 94.8 Å². The van der Waals surface area contributed by atoms with E-state index in [2.05, 4.69) is 51.1 Å². The van der Waals surface area contributed by atoms with Gasteiger partial charge in [-0.15, -0.1) is 0 Å². The SMILES string of the molecule is CCN1CCC(CC2CCN(c3ccc(-c4nc(C)no4)cc3)CC2)CC1. The normalized spacial score (nSPS) is 20.3. The number of piperidine rings is 2. The first kappa shape index (κ1) is 18.5. The van der Waals surface area contributed by atoms with Crippen LogP contribution in [0.1, 0.15) is 44.9 Å². The highest BCUT2D eigenvalue weighted by Crippen LogP contribution is 2.32. The minimum absolute atomic E-state index is 0.604. The largest absolute Gasteiger partial charge is 0.372 e. The molecule has 2 aliphatic heterocycles. The van der Waals surface area contributed by atoms with Crippen LogP contribution in [0.5, 0.6) is 0 Å². The van der Waals surface area contributed by atoms with Crippen molar-refractivity contribution in [1.29, 1.82) is 0 Å². The summed E-state index contributed by atoms with van der Waals surface area (Å²) in [5.74, 6) is 3.16. The molecular formula is C22H32N4O. The summed E-state index contributed by atoms with van der Waals surface area (Å²) in [6, 6.07) is 8.57. The van der Waals surface area contributed by atoms with Gasteiger partial charge >= 0.3 is 0 Å². The van der Waals surface area contributed by atoms with Crippen LogP contribution < -0.4 is 4.90 Å². The van der Waals surface area contributed by atoms with E-state index in [0.717, 1.165) is 17.4 Å². The molecule has 2 aliphatic rings. The topological polar surface area (TPSA) is 45.4 Å². The van der Waals surface area contributed by atoms with Gasteiger partial charge in [0.1, 0.15) is 0 Å². The Morgan fingerprint density at radius 2 is 1.59 bits per heavy atom. The van der Waals surface area contributed by atoms with Gasteiger partial charge in [-0.1, -0.05) is 12.1 Å². The lowest BCUT2D eigenvalue weighted by Crippen LogP contribution is -2.37. The molecule has 0 saturated carbocycles. The van der Waals surface area contributed by atoms with Crippen molar-refractivity contribution in [3.05, 3.63) is 30.1 Å². The molecule has 0 bridgehead atoms. The molecule has 1 aromatic heterocycles. The third kappa shape index (κ3) is 4.52. The summed E-state index contributed by atoms with van der Waals surface area (Å²) in [6.07, 6.45) is 6.92. The molecule has 5 heteroatoms. The first-order chi connectivity index (χ1) is 13.2. The Labute approximate surface area is 162 Å². The Morgan fingerprint density at radius 3 is 2.15 bits per heavy atom. The van der Waals surface area contributed by atoms with Crippen LogP contribution in [0.15, 0.2) is 28.8 Å². The highest BCUT2D eigenvalue weighted by molar-refractivity contribution is 5.59. The van der Waals surface area contributed by atoms with E-state index < -0.39 is 0 Å². The maximum Gasteiger partial charge on any atom is 0.257 e. The van der Waals surface area contributed by atoms with Crippen molar-refractivity contribution in [3.8, 4) is 11.5 Å². The van der Waals surface area contributed by atoms with Crippen molar-refractivity contribution in [1.82, 2.24) is 15.0 Å². The van der Waals surface area contributed by atoms with E-state index in [1.165, 1.54) is 70.5 Å². The van der Waals surface area contributed by atoms with Crippen molar-refractivity contribution in [2.75, 3.05) is 37.6 Å². The molecule has 1 aromatic carbocycles. The number of likely N-dealkylation sites (tertiary alicyclic amines) is 1. The van der Waals surface area contributed by atoms with Crippen LogP contribution in [0.3, 0.4) is 0 Å². The molecule has 2 fully saturated rings. The second-order valence-corrected chi connectivity index (χ2v) is 8.24. The Morgan fingerprint density at radius 1 is 0.963 bits per heavy atom. The van der Waals surface area contributed by atoms with Crippen molar-refractivity contribution in [2.24, 2.45) is 11.8 Å². The number of rotatable bonds is 5. The molecule has 4 rings (SSSR count). The molecule has 0 radical (unpaired) electrons. The summed E-state index contributed by atoms with van der Waals surface area (Å²) in [5, 5.41) is 3.87. The molecule has 146 valence electrons. The molecule has 2 aromatic rings. The molecule has 0 spiro atoms. The molecule has 5 nitrogen and oxygen atoms in total. The smallest absolute Gasteiger partial charge is 0.257 e. The standard InChI is InChI=1S/C22H32N4O/c1-3-25-12-8-18(9-13-25)16-19-10-14-26(15-11-19)21-6-4-20(5-7-21)22-23-17(2)24-27-22/h4-7,18-19H,3,8-16H2,1-2H3. The van der Waals surface area contributed by atoms with Crippen molar-refractivity contribution in [2.45, 2.75) is 46.0 Å². The van der Waals surface area contributed by atoms with Gasteiger partial charge in [0.2, 0.25) is 0 Å². The lowest BCUT2D eigenvalue weighted by Gasteiger charge is -2.37. The molecule has 3 heterocycles. The van der Waals surface area contributed by atoms with Crippen LogP contribution in [-0.4, -0.2) is 47.8 Å². The van der Waals surface area contributed by atoms with Crippen LogP contribution in [0.25, 0.3) is 11.5 Å². The Hall–Kier alpha value is -1.88. The number of hydrogen-bond donors (Lipinski definition) is 0. The number of aryl methyl sites for hydroxylation is 1. The van der Waals surface area contributed by atoms with E-state index in [1.807, 2.05) is 6.92 Å². The van der Waals surface area contributed by atoms with E-state index in [-0.39, 0.29) is 0 Å². The van der Waals surface area contributed by atoms with Gasteiger partial charge < -0.3 is 14.3 Å². The van der Waals surface area contributed by atoms with Crippen molar-refractivity contribution >= 4 is 5.69 Å². The molecule has 2 saturated heterocycles. The zero-order valence-electron chi connectivity index (χ0n) is 16.7. The molecular weight excluding hydrogens is 336 g/mol. The summed E-state index contributed by atoms with van der Waals surface area (Å²) in [4.78, 5) is 9.43. The molecule has 0 atom stereocenters. The fourth-order valence-corrected chi connectivity index (χ4v) is 4.67. The zero-order valence-corrected chi connectivity index (χ0v) is 16.7. The predicted octanol–water partition coefficient (Wildman–Crippen LogP) is 4.38. The maximum absolute atomic E-state index is 5.26. The van der Waals surface area contributed by atoms with Crippen molar-refractivity contribution < 1.29 is 4.52 Å². The van der Waals surface area contributed by atoms with E-state index in [1.54, 1.807) is 0 Å². The first-order valence-corrected chi connectivity index (χ1v) is 10.6. The Bertz CT molecular complexity index is 710. The highest BCUT2D eigenvalue weighted by atomic mass is 16.5. The molecule has 0 aliphatic carbocycles. The van der Waals surface area contributed by atoms with E-state index >= 15 is 0 Å². The van der Waals surface area contributed by atoms with Gasteiger partial charge in [0, 0.05) is 24.3 Å². The van der Waals surface area contributed by atoms with Crippen LogP contribution in [0.4, 0.5) is 5.69 Å².